The average Bonchev–Trinajstić information content (AvgIpc) is 2.18. The Hall–Kier alpha value is -0.770. The highest BCUT2D eigenvalue weighted by Crippen LogP contribution is 2.15. The lowest BCUT2D eigenvalue weighted by molar-refractivity contribution is 0.0369. The summed E-state index contributed by atoms with van der Waals surface area (Å²) in [6.07, 6.45) is 0.919. The van der Waals surface area contributed by atoms with Crippen LogP contribution in [0.3, 0.4) is 0 Å². The minimum Gasteiger partial charge on any atom is -0.449 e. The van der Waals surface area contributed by atoms with Gasteiger partial charge in [0.15, 0.2) is 0 Å². The van der Waals surface area contributed by atoms with Crippen molar-refractivity contribution in [1.82, 2.24) is 10.2 Å². The standard InChI is InChI=1S/C11H22N2O2/c1-9(2)6-13-7-10(4-5-12-3)8-15-11(13)14/h9-10,12H,4-8H2,1-3H3. The molecule has 0 spiro atoms. The monoisotopic (exact) mass is 214 g/mol. The van der Waals surface area contributed by atoms with Crippen molar-refractivity contribution in [3.8, 4) is 0 Å². The molecule has 1 aliphatic rings. The van der Waals surface area contributed by atoms with Crippen LogP contribution < -0.4 is 5.32 Å². The predicted octanol–water partition coefficient (Wildman–Crippen LogP) is 1.32. The second kappa shape index (κ2) is 5.95. The summed E-state index contributed by atoms with van der Waals surface area (Å²) >= 11 is 0. The fourth-order valence-electron chi connectivity index (χ4n) is 1.83. The summed E-state index contributed by atoms with van der Waals surface area (Å²) in [5.41, 5.74) is 0. The van der Waals surface area contributed by atoms with Gasteiger partial charge in [0.2, 0.25) is 0 Å². The number of cyclic esters (lactones) is 1. The van der Waals surface area contributed by atoms with Crippen molar-refractivity contribution in [2.24, 2.45) is 11.8 Å². The van der Waals surface area contributed by atoms with E-state index in [1.54, 1.807) is 0 Å². The molecule has 0 aromatic rings. The van der Waals surface area contributed by atoms with Gasteiger partial charge in [-0.2, -0.15) is 0 Å². The number of carbonyl (C=O) groups excluding carboxylic acids is 1. The molecular formula is C11H22N2O2. The summed E-state index contributed by atoms with van der Waals surface area (Å²) in [6.45, 7) is 7.44. The van der Waals surface area contributed by atoms with Crippen molar-refractivity contribution in [3.63, 3.8) is 0 Å². The van der Waals surface area contributed by atoms with Crippen LogP contribution in [0, 0.1) is 11.8 Å². The molecule has 0 aromatic carbocycles. The molecular weight excluding hydrogens is 192 g/mol. The number of rotatable bonds is 5. The van der Waals surface area contributed by atoms with E-state index in [0.29, 0.717) is 18.4 Å². The fourth-order valence-corrected chi connectivity index (χ4v) is 1.83. The summed E-state index contributed by atoms with van der Waals surface area (Å²) in [5, 5.41) is 3.12. The van der Waals surface area contributed by atoms with Gasteiger partial charge in [0.1, 0.15) is 0 Å². The topological polar surface area (TPSA) is 41.6 Å². The number of carbonyl (C=O) groups is 1. The first kappa shape index (κ1) is 12.3. The Morgan fingerprint density at radius 3 is 2.93 bits per heavy atom. The second-order valence-corrected chi connectivity index (χ2v) is 4.63. The number of hydrogen-bond acceptors (Lipinski definition) is 3. The van der Waals surface area contributed by atoms with Crippen LogP contribution in [-0.2, 0) is 4.74 Å². The van der Waals surface area contributed by atoms with E-state index in [2.05, 4.69) is 19.2 Å². The number of nitrogens with zero attached hydrogens (tertiary/aromatic N) is 1. The van der Waals surface area contributed by atoms with E-state index in [-0.39, 0.29) is 6.09 Å². The maximum Gasteiger partial charge on any atom is 0.409 e. The minimum absolute atomic E-state index is 0.149. The Morgan fingerprint density at radius 2 is 2.33 bits per heavy atom. The molecule has 1 atom stereocenters. The maximum absolute atomic E-state index is 11.4. The van der Waals surface area contributed by atoms with Crippen molar-refractivity contribution in [2.45, 2.75) is 20.3 Å². The molecule has 1 heterocycles. The quantitative estimate of drug-likeness (QED) is 0.750. The second-order valence-electron chi connectivity index (χ2n) is 4.63. The Labute approximate surface area is 92.0 Å². The Bertz CT molecular complexity index is 207. The fraction of sp³-hybridized carbons (Fsp3) is 0.909. The van der Waals surface area contributed by atoms with Crippen LogP contribution in [-0.4, -0.2) is 44.3 Å². The lowest BCUT2D eigenvalue weighted by Crippen LogP contribution is -2.45. The van der Waals surface area contributed by atoms with Crippen LogP contribution >= 0.6 is 0 Å². The van der Waals surface area contributed by atoms with Gasteiger partial charge in [-0.25, -0.2) is 4.79 Å². The Balaban J connectivity index is 2.37. The van der Waals surface area contributed by atoms with Crippen LogP contribution in [0.5, 0.6) is 0 Å². The third kappa shape index (κ3) is 4.08. The smallest absolute Gasteiger partial charge is 0.409 e. The van der Waals surface area contributed by atoms with E-state index < -0.39 is 0 Å². The van der Waals surface area contributed by atoms with E-state index in [1.165, 1.54) is 0 Å². The molecule has 1 saturated heterocycles. The van der Waals surface area contributed by atoms with Crippen molar-refractivity contribution in [2.75, 3.05) is 33.3 Å². The van der Waals surface area contributed by atoms with Gasteiger partial charge in [-0.1, -0.05) is 13.8 Å². The van der Waals surface area contributed by atoms with Crippen molar-refractivity contribution < 1.29 is 9.53 Å². The van der Waals surface area contributed by atoms with Crippen LogP contribution in [0.2, 0.25) is 0 Å². The highest BCUT2D eigenvalue weighted by Gasteiger charge is 2.26. The van der Waals surface area contributed by atoms with Gasteiger partial charge in [-0.3, -0.25) is 0 Å². The summed E-state index contributed by atoms with van der Waals surface area (Å²) in [7, 11) is 1.95. The van der Waals surface area contributed by atoms with Crippen molar-refractivity contribution in [1.29, 1.82) is 0 Å². The molecule has 1 fully saturated rings. The number of hydrogen-bond donors (Lipinski definition) is 1. The molecule has 1 N–H and O–H groups in total. The van der Waals surface area contributed by atoms with Crippen LogP contribution in [0.4, 0.5) is 4.79 Å². The minimum atomic E-state index is -0.149. The van der Waals surface area contributed by atoms with Gasteiger partial charge < -0.3 is 15.0 Å². The molecule has 0 radical (unpaired) electrons. The molecule has 1 aliphatic heterocycles. The third-order valence-electron chi connectivity index (χ3n) is 2.57. The van der Waals surface area contributed by atoms with Crippen molar-refractivity contribution >= 4 is 6.09 Å². The predicted molar refractivity (Wildman–Crippen MR) is 59.8 cm³/mol. The van der Waals surface area contributed by atoms with Crippen LogP contribution in [0.1, 0.15) is 20.3 Å². The van der Waals surface area contributed by atoms with Crippen LogP contribution in [0.15, 0.2) is 0 Å². The first-order valence-electron chi connectivity index (χ1n) is 5.69. The number of nitrogens with one attached hydrogen (secondary N) is 1. The summed E-state index contributed by atoms with van der Waals surface area (Å²) < 4.78 is 5.16. The van der Waals surface area contributed by atoms with Gasteiger partial charge >= 0.3 is 6.09 Å². The molecule has 4 heteroatoms. The van der Waals surface area contributed by atoms with E-state index in [1.807, 2.05) is 11.9 Å². The lowest BCUT2D eigenvalue weighted by atomic mass is 10.0. The van der Waals surface area contributed by atoms with Gasteiger partial charge in [-0.15, -0.1) is 0 Å². The van der Waals surface area contributed by atoms with Gasteiger partial charge in [0.25, 0.3) is 0 Å². The first-order chi connectivity index (χ1) is 7.13. The Kier molecular flexibility index (Phi) is 4.88. The highest BCUT2D eigenvalue weighted by molar-refractivity contribution is 5.68. The zero-order chi connectivity index (χ0) is 11.3. The number of amides is 1. The molecule has 0 aromatic heterocycles. The summed E-state index contributed by atoms with van der Waals surface area (Å²) in [5.74, 6) is 0.981. The van der Waals surface area contributed by atoms with Crippen molar-refractivity contribution in [3.05, 3.63) is 0 Å². The van der Waals surface area contributed by atoms with E-state index in [0.717, 1.165) is 26.1 Å². The van der Waals surface area contributed by atoms with E-state index in [4.69, 9.17) is 4.74 Å². The van der Waals surface area contributed by atoms with Gasteiger partial charge in [0, 0.05) is 19.0 Å². The normalized spacial score (nSPS) is 22.0. The highest BCUT2D eigenvalue weighted by atomic mass is 16.6. The maximum atomic E-state index is 11.4. The average molecular weight is 214 g/mol. The molecule has 1 rings (SSSR count). The molecule has 88 valence electrons. The summed E-state index contributed by atoms with van der Waals surface area (Å²) in [6, 6.07) is 0. The van der Waals surface area contributed by atoms with Gasteiger partial charge in [0.05, 0.1) is 6.61 Å². The molecule has 0 aliphatic carbocycles. The molecule has 15 heavy (non-hydrogen) atoms. The Morgan fingerprint density at radius 1 is 1.60 bits per heavy atom. The molecule has 1 amide bonds. The molecule has 0 bridgehead atoms. The molecule has 1 unspecified atom stereocenters. The SMILES string of the molecule is CNCCC1COC(=O)N(CC(C)C)C1. The van der Waals surface area contributed by atoms with Crippen LogP contribution in [0.25, 0.3) is 0 Å². The van der Waals surface area contributed by atoms with E-state index >= 15 is 0 Å². The lowest BCUT2D eigenvalue weighted by Gasteiger charge is -2.33. The zero-order valence-corrected chi connectivity index (χ0v) is 9.95. The third-order valence-corrected chi connectivity index (χ3v) is 2.57. The zero-order valence-electron chi connectivity index (χ0n) is 9.95. The summed E-state index contributed by atoms with van der Waals surface area (Å²) in [4.78, 5) is 13.3. The largest absolute Gasteiger partial charge is 0.449 e. The first-order valence-corrected chi connectivity index (χ1v) is 5.69. The molecule has 0 saturated carbocycles. The van der Waals surface area contributed by atoms with E-state index in [9.17, 15) is 4.79 Å². The molecule has 4 nitrogen and oxygen atoms in total. The number of ether oxygens (including phenoxy) is 1. The van der Waals surface area contributed by atoms with Gasteiger partial charge in [-0.05, 0) is 25.9 Å².